The third-order valence-electron chi connectivity index (χ3n) is 2.89. The number of aromatic amines is 1. The Kier molecular flexibility index (Phi) is 3.42. The molecule has 0 aliphatic carbocycles. The summed E-state index contributed by atoms with van der Waals surface area (Å²) in [6.45, 7) is 0. The van der Waals surface area contributed by atoms with Gasteiger partial charge in [0, 0.05) is 17.4 Å². The van der Waals surface area contributed by atoms with Crippen LogP contribution in [0.5, 0.6) is 0 Å². The van der Waals surface area contributed by atoms with E-state index in [-0.39, 0.29) is 5.69 Å². The summed E-state index contributed by atoms with van der Waals surface area (Å²) >= 11 is 0. The van der Waals surface area contributed by atoms with Gasteiger partial charge in [-0.2, -0.15) is 5.10 Å². The average molecular weight is 282 g/mol. The van der Waals surface area contributed by atoms with Gasteiger partial charge >= 0.3 is 0 Å². The number of carbonyl (C=O) groups is 1. The van der Waals surface area contributed by atoms with Crippen molar-refractivity contribution in [3.8, 4) is 11.3 Å². The Hall–Kier alpha value is -3.02. The van der Waals surface area contributed by atoms with Crippen molar-refractivity contribution in [1.29, 1.82) is 0 Å². The van der Waals surface area contributed by atoms with E-state index in [1.807, 2.05) is 24.3 Å². The van der Waals surface area contributed by atoms with Crippen LogP contribution in [0.3, 0.4) is 0 Å². The zero-order valence-corrected chi connectivity index (χ0v) is 10.9. The third kappa shape index (κ3) is 2.94. The van der Waals surface area contributed by atoms with Gasteiger partial charge in [-0.3, -0.25) is 9.89 Å². The molecule has 1 amide bonds. The van der Waals surface area contributed by atoms with Crippen molar-refractivity contribution < 1.29 is 9.18 Å². The van der Waals surface area contributed by atoms with Crippen molar-refractivity contribution in [3.05, 3.63) is 66.4 Å². The maximum absolute atomic E-state index is 12.8. The van der Waals surface area contributed by atoms with E-state index in [0.717, 1.165) is 17.5 Å². The zero-order valence-electron chi connectivity index (χ0n) is 10.9. The molecule has 6 heteroatoms. The molecule has 0 aliphatic rings. The van der Waals surface area contributed by atoms with Crippen molar-refractivity contribution in [2.45, 2.75) is 0 Å². The number of halogens is 1. The normalized spacial score (nSPS) is 10.3. The molecule has 21 heavy (non-hydrogen) atoms. The molecule has 5 nitrogen and oxygen atoms in total. The lowest BCUT2D eigenvalue weighted by molar-refractivity contribution is 0.102. The van der Waals surface area contributed by atoms with Crippen LogP contribution in [0.15, 0.2) is 54.9 Å². The molecule has 0 aliphatic heterocycles. The highest BCUT2D eigenvalue weighted by atomic mass is 19.1. The summed E-state index contributed by atoms with van der Waals surface area (Å²) in [6, 6.07) is 11.7. The van der Waals surface area contributed by atoms with Crippen molar-refractivity contribution in [3.63, 3.8) is 0 Å². The predicted octanol–water partition coefficient (Wildman–Crippen LogP) is 2.86. The average Bonchev–Trinajstić information content (AvgIpc) is 3.02. The predicted molar refractivity (Wildman–Crippen MR) is 76.2 cm³/mol. The number of aromatic nitrogens is 3. The molecule has 0 fully saturated rings. The van der Waals surface area contributed by atoms with Gasteiger partial charge in [0.05, 0.1) is 11.9 Å². The molecule has 3 aromatic rings. The Labute approximate surface area is 119 Å². The maximum atomic E-state index is 12.8. The van der Waals surface area contributed by atoms with E-state index in [4.69, 9.17) is 0 Å². The number of rotatable bonds is 3. The zero-order chi connectivity index (χ0) is 14.7. The first-order valence-electron chi connectivity index (χ1n) is 6.25. The lowest BCUT2D eigenvalue weighted by Gasteiger charge is -2.06. The van der Waals surface area contributed by atoms with E-state index < -0.39 is 11.7 Å². The summed E-state index contributed by atoms with van der Waals surface area (Å²) in [4.78, 5) is 15.8. The number of nitrogens with one attached hydrogen (secondary N) is 2. The van der Waals surface area contributed by atoms with Crippen molar-refractivity contribution in [1.82, 2.24) is 15.2 Å². The Bertz CT molecular complexity index is 754. The van der Waals surface area contributed by atoms with Gasteiger partial charge in [-0.1, -0.05) is 12.1 Å². The van der Waals surface area contributed by atoms with Gasteiger partial charge in [-0.25, -0.2) is 9.37 Å². The van der Waals surface area contributed by atoms with Crippen molar-refractivity contribution in [2.24, 2.45) is 0 Å². The molecule has 0 bridgehead atoms. The number of nitrogens with zero attached hydrogens (tertiary/aromatic N) is 2. The minimum Gasteiger partial charge on any atom is -0.321 e. The number of benzene rings is 1. The van der Waals surface area contributed by atoms with E-state index in [1.54, 1.807) is 12.3 Å². The number of hydrogen-bond acceptors (Lipinski definition) is 3. The Balaban J connectivity index is 1.80. The Morgan fingerprint density at radius 1 is 1.19 bits per heavy atom. The van der Waals surface area contributed by atoms with Crippen LogP contribution in [-0.4, -0.2) is 21.1 Å². The first kappa shape index (κ1) is 13.0. The fraction of sp³-hybridized carbons (Fsp3) is 0. The Morgan fingerprint density at radius 2 is 2.10 bits per heavy atom. The van der Waals surface area contributed by atoms with Gasteiger partial charge in [0.1, 0.15) is 11.5 Å². The van der Waals surface area contributed by atoms with Gasteiger partial charge < -0.3 is 5.32 Å². The molecule has 0 atom stereocenters. The molecule has 1 aromatic carbocycles. The molecular formula is C15H11FN4O. The summed E-state index contributed by atoms with van der Waals surface area (Å²) < 4.78 is 12.8. The lowest BCUT2D eigenvalue weighted by Crippen LogP contribution is -2.13. The highest BCUT2D eigenvalue weighted by Gasteiger charge is 2.08. The molecule has 0 unspecified atom stereocenters. The first-order valence-corrected chi connectivity index (χ1v) is 6.25. The number of hydrogen-bond donors (Lipinski definition) is 2. The molecule has 2 heterocycles. The highest BCUT2D eigenvalue weighted by molar-refractivity contribution is 6.03. The second-order valence-electron chi connectivity index (χ2n) is 4.37. The smallest absolute Gasteiger partial charge is 0.274 e. The standard InChI is InChI=1S/C15H11FN4O/c16-11-4-5-14(17-9-11)15(21)19-12-3-1-2-10(8-12)13-6-7-18-20-13/h1-9H,(H,18,20)(H,19,21). The largest absolute Gasteiger partial charge is 0.321 e. The minimum atomic E-state index is -0.479. The second-order valence-corrected chi connectivity index (χ2v) is 4.37. The van der Waals surface area contributed by atoms with E-state index in [2.05, 4.69) is 20.5 Å². The quantitative estimate of drug-likeness (QED) is 0.776. The molecule has 2 aromatic heterocycles. The fourth-order valence-corrected chi connectivity index (χ4v) is 1.89. The van der Waals surface area contributed by atoms with Gasteiger partial charge in [0.15, 0.2) is 0 Å². The molecule has 2 N–H and O–H groups in total. The van der Waals surface area contributed by atoms with E-state index in [1.165, 1.54) is 12.1 Å². The van der Waals surface area contributed by atoms with Gasteiger partial charge in [-0.05, 0) is 30.3 Å². The minimum absolute atomic E-state index is 0.156. The highest BCUT2D eigenvalue weighted by Crippen LogP contribution is 2.20. The lowest BCUT2D eigenvalue weighted by atomic mass is 10.1. The van der Waals surface area contributed by atoms with E-state index >= 15 is 0 Å². The number of H-pyrrole nitrogens is 1. The summed E-state index contributed by atoms with van der Waals surface area (Å²) in [5, 5.41) is 9.46. The van der Waals surface area contributed by atoms with Crippen molar-refractivity contribution in [2.75, 3.05) is 5.32 Å². The van der Waals surface area contributed by atoms with Crippen molar-refractivity contribution >= 4 is 11.6 Å². The van der Waals surface area contributed by atoms with Crippen LogP contribution < -0.4 is 5.32 Å². The third-order valence-corrected chi connectivity index (χ3v) is 2.89. The van der Waals surface area contributed by atoms with Crippen LogP contribution in [0.2, 0.25) is 0 Å². The molecule has 0 saturated carbocycles. The van der Waals surface area contributed by atoms with Gasteiger partial charge in [0.25, 0.3) is 5.91 Å². The second kappa shape index (κ2) is 5.54. The van der Waals surface area contributed by atoms with Crippen LogP contribution in [0.4, 0.5) is 10.1 Å². The molecule has 0 saturated heterocycles. The van der Waals surface area contributed by atoms with Gasteiger partial charge in [-0.15, -0.1) is 0 Å². The summed E-state index contributed by atoms with van der Waals surface area (Å²) in [6.07, 6.45) is 2.67. The summed E-state index contributed by atoms with van der Waals surface area (Å²) in [5.41, 5.74) is 2.53. The first-order chi connectivity index (χ1) is 10.2. The topological polar surface area (TPSA) is 70.7 Å². The molecule has 0 spiro atoms. The maximum Gasteiger partial charge on any atom is 0.274 e. The number of anilines is 1. The van der Waals surface area contributed by atoms with Crippen LogP contribution in [0.25, 0.3) is 11.3 Å². The van der Waals surface area contributed by atoms with Crippen LogP contribution >= 0.6 is 0 Å². The van der Waals surface area contributed by atoms with E-state index in [0.29, 0.717) is 5.69 Å². The van der Waals surface area contributed by atoms with Crippen LogP contribution in [0, 0.1) is 5.82 Å². The Morgan fingerprint density at radius 3 is 2.81 bits per heavy atom. The van der Waals surface area contributed by atoms with E-state index in [9.17, 15) is 9.18 Å². The fourth-order valence-electron chi connectivity index (χ4n) is 1.89. The molecule has 0 radical (unpaired) electrons. The molecule has 3 rings (SSSR count). The van der Waals surface area contributed by atoms with Gasteiger partial charge in [0.2, 0.25) is 0 Å². The SMILES string of the molecule is O=C(Nc1cccc(-c2ccn[nH]2)c1)c1ccc(F)cn1. The number of carbonyl (C=O) groups excluding carboxylic acids is 1. The monoisotopic (exact) mass is 282 g/mol. The van der Waals surface area contributed by atoms with Crippen LogP contribution in [-0.2, 0) is 0 Å². The summed E-state index contributed by atoms with van der Waals surface area (Å²) in [7, 11) is 0. The number of pyridine rings is 1. The summed E-state index contributed by atoms with van der Waals surface area (Å²) in [5.74, 6) is -0.871. The molecular weight excluding hydrogens is 271 g/mol. The van der Waals surface area contributed by atoms with Crippen LogP contribution in [0.1, 0.15) is 10.5 Å². The molecule has 104 valence electrons. The number of amides is 1.